The highest BCUT2D eigenvalue weighted by Crippen LogP contribution is 2.22. The summed E-state index contributed by atoms with van der Waals surface area (Å²) in [5.74, 6) is -0.242. The second-order valence-electron chi connectivity index (χ2n) is 6.93. The van der Waals surface area contributed by atoms with Crippen LogP contribution in [0.4, 0.5) is 0 Å². The largest absolute Gasteiger partial charge is 0.482 e. The van der Waals surface area contributed by atoms with Gasteiger partial charge in [0.25, 0.3) is 5.91 Å². The molecule has 0 radical (unpaired) electrons. The number of carbonyl (C=O) groups excluding carboxylic acids is 2. The number of hydrogen-bond donors (Lipinski definition) is 1. The van der Waals surface area contributed by atoms with Gasteiger partial charge in [0.15, 0.2) is 6.61 Å². The lowest BCUT2D eigenvalue weighted by Gasteiger charge is -2.10. The smallest absolute Gasteiger partial charge is 0.349 e. The Balaban J connectivity index is 1.70. The second kappa shape index (κ2) is 9.26. The Hall–Kier alpha value is -3.61. The van der Waals surface area contributed by atoms with E-state index in [1.165, 1.54) is 12.1 Å². The zero-order chi connectivity index (χ0) is 21.7. The molecule has 0 fully saturated rings. The van der Waals surface area contributed by atoms with Gasteiger partial charge in [-0.3, -0.25) is 4.79 Å². The van der Waals surface area contributed by atoms with Crippen molar-refractivity contribution in [2.24, 2.45) is 0 Å². The van der Waals surface area contributed by atoms with Gasteiger partial charge in [0.05, 0.1) is 0 Å². The Morgan fingerprint density at radius 2 is 1.87 bits per heavy atom. The normalized spacial score (nSPS) is 10.6. The number of benzene rings is 2. The molecule has 0 aliphatic heterocycles. The van der Waals surface area contributed by atoms with E-state index >= 15 is 0 Å². The van der Waals surface area contributed by atoms with E-state index in [2.05, 4.69) is 5.32 Å². The van der Waals surface area contributed by atoms with Gasteiger partial charge in [0, 0.05) is 18.0 Å². The average molecular weight is 409 g/mol. The number of aryl methyl sites for hydroxylation is 2. The summed E-state index contributed by atoms with van der Waals surface area (Å²) < 4.78 is 16.1. The molecule has 3 aromatic rings. The first-order chi connectivity index (χ1) is 14.4. The predicted octanol–water partition coefficient (Wildman–Crippen LogP) is 3.53. The highest BCUT2D eigenvalue weighted by atomic mass is 16.6. The first kappa shape index (κ1) is 21.1. The number of fused-ring (bicyclic) bond motifs is 1. The zero-order valence-electron chi connectivity index (χ0n) is 17.1. The van der Waals surface area contributed by atoms with Crippen LogP contribution in [-0.2, 0) is 4.79 Å². The van der Waals surface area contributed by atoms with Gasteiger partial charge in [-0.05, 0) is 55.7 Å². The quantitative estimate of drug-likeness (QED) is 0.364. The molecule has 7 heteroatoms. The van der Waals surface area contributed by atoms with Gasteiger partial charge in [-0.25, -0.2) is 9.59 Å². The van der Waals surface area contributed by atoms with Gasteiger partial charge in [-0.2, -0.15) is 0 Å². The Morgan fingerprint density at radius 1 is 1.07 bits per heavy atom. The predicted molar refractivity (Wildman–Crippen MR) is 112 cm³/mol. The van der Waals surface area contributed by atoms with Gasteiger partial charge < -0.3 is 19.2 Å². The van der Waals surface area contributed by atoms with E-state index in [0.717, 1.165) is 17.5 Å². The molecule has 0 saturated carbocycles. The van der Waals surface area contributed by atoms with Crippen LogP contribution in [0.25, 0.3) is 11.0 Å². The summed E-state index contributed by atoms with van der Waals surface area (Å²) in [6.45, 7) is 5.95. The molecule has 0 saturated heterocycles. The zero-order valence-corrected chi connectivity index (χ0v) is 17.1. The van der Waals surface area contributed by atoms with E-state index in [0.29, 0.717) is 17.7 Å². The third kappa shape index (κ3) is 5.05. The van der Waals surface area contributed by atoms with Crippen molar-refractivity contribution in [3.8, 4) is 11.5 Å². The Kier molecular flexibility index (Phi) is 6.51. The van der Waals surface area contributed by atoms with Crippen molar-refractivity contribution in [3.63, 3.8) is 0 Å². The Morgan fingerprint density at radius 3 is 2.63 bits per heavy atom. The lowest BCUT2D eigenvalue weighted by molar-refractivity contribution is -0.136. The van der Waals surface area contributed by atoms with Crippen LogP contribution < -0.4 is 20.4 Å². The van der Waals surface area contributed by atoms with E-state index in [-0.39, 0.29) is 23.5 Å². The first-order valence-electron chi connectivity index (χ1n) is 9.64. The van der Waals surface area contributed by atoms with Crippen LogP contribution in [0.15, 0.2) is 51.7 Å². The molecule has 0 aliphatic rings. The molecule has 1 aromatic heterocycles. The third-order valence-corrected chi connectivity index (χ3v) is 4.41. The molecule has 1 heterocycles. The maximum absolute atomic E-state index is 12.1. The minimum atomic E-state index is -0.752. The van der Waals surface area contributed by atoms with Gasteiger partial charge in [-0.1, -0.05) is 19.1 Å². The van der Waals surface area contributed by atoms with Crippen LogP contribution in [0.3, 0.4) is 0 Å². The maximum atomic E-state index is 12.1. The number of hydrogen-bond acceptors (Lipinski definition) is 6. The summed E-state index contributed by atoms with van der Waals surface area (Å²) in [4.78, 5) is 36.3. The van der Waals surface area contributed by atoms with E-state index in [4.69, 9.17) is 13.9 Å². The molecule has 30 heavy (non-hydrogen) atoms. The molecule has 0 unspecified atom stereocenters. The molecule has 2 aromatic carbocycles. The van der Waals surface area contributed by atoms with Crippen LogP contribution in [0, 0.1) is 13.8 Å². The number of nitrogens with one attached hydrogen (secondary N) is 1. The number of rotatable bonds is 7. The van der Waals surface area contributed by atoms with Crippen molar-refractivity contribution in [3.05, 3.63) is 69.6 Å². The van der Waals surface area contributed by atoms with Crippen molar-refractivity contribution in [1.29, 1.82) is 0 Å². The van der Waals surface area contributed by atoms with E-state index in [9.17, 15) is 14.4 Å². The minimum absolute atomic E-state index is 0.0670. The van der Waals surface area contributed by atoms with Crippen LogP contribution in [0.1, 0.15) is 34.8 Å². The molecular weight excluding hydrogens is 386 g/mol. The molecule has 156 valence electrons. The third-order valence-electron chi connectivity index (χ3n) is 4.41. The summed E-state index contributed by atoms with van der Waals surface area (Å²) >= 11 is 0. The lowest BCUT2D eigenvalue weighted by Crippen LogP contribution is -2.28. The standard InChI is InChI=1S/C23H23NO6/c1-4-9-24-22(26)18-11-16-7-8-17(12-20(16)30-23(18)27)29-21(25)13-28-19-10-14(2)5-6-15(19)3/h5-8,10-12H,4,9,13H2,1-3H3,(H,24,26). The summed E-state index contributed by atoms with van der Waals surface area (Å²) in [7, 11) is 0. The van der Waals surface area contributed by atoms with E-state index in [1.54, 1.807) is 12.1 Å². The van der Waals surface area contributed by atoms with Crippen molar-refractivity contribution in [2.75, 3.05) is 13.2 Å². The van der Waals surface area contributed by atoms with Gasteiger partial charge in [-0.15, -0.1) is 0 Å². The molecule has 0 spiro atoms. The minimum Gasteiger partial charge on any atom is -0.482 e. The maximum Gasteiger partial charge on any atom is 0.349 e. The van der Waals surface area contributed by atoms with Gasteiger partial charge >= 0.3 is 11.6 Å². The molecule has 0 aliphatic carbocycles. The van der Waals surface area contributed by atoms with Crippen molar-refractivity contribution in [1.82, 2.24) is 5.32 Å². The average Bonchev–Trinajstić information content (AvgIpc) is 2.72. The summed E-state index contributed by atoms with van der Waals surface area (Å²) in [5, 5.41) is 3.19. The molecule has 1 N–H and O–H groups in total. The van der Waals surface area contributed by atoms with E-state index in [1.807, 2.05) is 39.0 Å². The Labute approximate surface area is 173 Å². The monoisotopic (exact) mass is 409 g/mol. The summed E-state index contributed by atoms with van der Waals surface area (Å²) in [5.41, 5.74) is 1.34. The van der Waals surface area contributed by atoms with Crippen molar-refractivity contribution in [2.45, 2.75) is 27.2 Å². The highest BCUT2D eigenvalue weighted by Gasteiger charge is 2.14. The fourth-order valence-electron chi connectivity index (χ4n) is 2.81. The number of esters is 1. The fourth-order valence-corrected chi connectivity index (χ4v) is 2.81. The van der Waals surface area contributed by atoms with Crippen molar-refractivity contribution >= 4 is 22.8 Å². The van der Waals surface area contributed by atoms with Crippen molar-refractivity contribution < 1.29 is 23.5 Å². The lowest BCUT2D eigenvalue weighted by atomic mass is 10.1. The van der Waals surface area contributed by atoms with Gasteiger partial charge in [0.1, 0.15) is 22.6 Å². The van der Waals surface area contributed by atoms with Crippen LogP contribution in [0.5, 0.6) is 11.5 Å². The first-order valence-corrected chi connectivity index (χ1v) is 9.64. The van der Waals surface area contributed by atoms with Crippen LogP contribution in [-0.4, -0.2) is 25.0 Å². The molecule has 0 bridgehead atoms. The number of ether oxygens (including phenoxy) is 2. The highest BCUT2D eigenvalue weighted by molar-refractivity contribution is 5.96. The summed E-state index contributed by atoms with van der Waals surface area (Å²) in [6.07, 6.45) is 0.756. The molecule has 3 rings (SSSR count). The topological polar surface area (TPSA) is 94.8 Å². The van der Waals surface area contributed by atoms with E-state index < -0.39 is 17.5 Å². The Bertz CT molecular complexity index is 1150. The van der Waals surface area contributed by atoms with Crippen LogP contribution in [0.2, 0.25) is 0 Å². The second-order valence-corrected chi connectivity index (χ2v) is 6.93. The molecule has 7 nitrogen and oxygen atoms in total. The van der Waals surface area contributed by atoms with Crippen LogP contribution >= 0.6 is 0 Å². The molecule has 0 atom stereocenters. The number of carbonyl (C=O) groups is 2. The number of amides is 1. The SMILES string of the molecule is CCCNC(=O)c1cc2ccc(OC(=O)COc3cc(C)ccc3C)cc2oc1=O. The van der Waals surface area contributed by atoms with Gasteiger partial charge in [0.2, 0.25) is 0 Å². The fraction of sp³-hybridized carbons (Fsp3) is 0.261. The summed E-state index contributed by atoms with van der Waals surface area (Å²) in [6, 6.07) is 11.8. The molecule has 1 amide bonds. The molecular formula is C23H23NO6.